The van der Waals surface area contributed by atoms with Crippen LogP contribution in [0.5, 0.6) is 5.75 Å². The van der Waals surface area contributed by atoms with Crippen LogP contribution in [0, 0.1) is 13.8 Å². The number of aromatic nitrogens is 2. The van der Waals surface area contributed by atoms with Gasteiger partial charge in [-0.05, 0) is 49.2 Å². The van der Waals surface area contributed by atoms with Crippen molar-refractivity contribution >= 4 is 26.9 Å². The largest absolute Gasteiger partial charge is 0.495 e. The highest BCUT2D eigenvalue weighted by atomic mass is 32.2. The minimum atomic E-state index is -3.64. The lowest BCUT2D eigenvalue weighted by atomic mass is 10.1. The molecule has 0 spiro atoms. The fourth-order valence-electron chi connectivity index (χ4n) is 3.52. The standard InChI is InChI=1S/C21H24N4O3S/c1-15-12-19(28-3)20(13-16(15)2)29(26,27)25-10-8-24(9-11-25)21-14-22-17-6-4-5-7-18(17)23-21/h4-7,12-14H,8-11H2,1-3H3. The fraction of sp³-hybridized carbons (Fsp3) is 0.333. The number of para-hydroxylation sites is 2. The van der Waals surface area contributed by atoms with E-state index >= 15 is 0 Å². The van der Waals surface area contributed by atoms with Crippen molar-refractivity contribution in [3.05, 3.63) is 53.7 Å². The molecule has 0 radical (unpaired) electrons. The topological polar surface area (TPSA) is 75.6 Å². The van der Waals surface area contributed by atoms with Crippen LogP contribution in [0.25, 0.3) is 11.0 Å². The molecule has 3 aromatic rings. The van der Waals surface area contributed by atoms with E-state index in [0.29, 0.717) is 31.9 Å². The molecule has 0 bridgehead atoms. The van der Waals surface area contributed by atoms with Crippen LogP contribution < -0.4 is 9.64 Å². The number of piperazine rings is 1. The van der Waals surface area contributed by atoms with Crippen LogP contribution in [-0.2, 0) is 10.0 Å². The van der Waals surface area contributed by atoms with Gasteiger partial charge in [0.25, 0.3) is 0 Å². The molecule has 1 aliphatic heterocycles. The van der Waals surface area contributed by atoms with Crippen LogP contribution in [0.4, 0.5) is 5.82 Å². The Morgan fingerprint density at radius 1 is 0.966 bits per heavy atom. The van der Waals surface area contributed by atoms with Gasteiger partial charge in [-0.3, -0.25) is 4.98 Å². The van der Waals surface area contributed by atoms with E-state index in [1.165, 1.54) is 11.4 Å². The van der Waals surface area contributed by atoms with Crippen LogP contribution in [-0.4, -0.2) is 56.0 Å². The maximum Gasteiger partial charge on any atom is 0.246 e. The molecule has 7 nitrogen and oxygen atoms in total. The number of benzene rings is 2. The summed E-state index contributed by atoms with van der Waals surface area (Å²) in [5.74, 6) is 1.15. The molecule has 0 saturated carbocycles. The van der Waals surface area contributed by atoms with E-state index in [-0.39, 0.29) is 4.90 Å². The molecule has 1 aromatic heterocycles. The zero-order valence-corrected chi connectivity index (χ0v) is 17.6. The van der Waals surface area contributed by atoms with Gasteiger partial charge in [0.05, 0.1) is 24.3 Å². The van der Waals surface area contributed by atoms with Gasteiger partial charge in [-0.1, -0.05) is 12.1 Å². The number of sulfonamides is 1. The molecule has 2 aromatic carbocycles. The van der Waals surface area contributed by atoms with Gasteiger partial charge in [0.15, 0.2) is 0 Å². The second-order valence-electron chi connectivity index (χ2n) is 7.20. The first-order valence-corrected chi connectivity index (χ1v) is 11.0. The summed E-state index contributed by atoms with van der Waals surface area (Å²) < 4.78 is 33.4. The summed E-state index contributed by atoms with van der Waals surface area (Å²) in [6.45, 7) is 5.72. The molecular weight excluding hydrogens is 388 g/mol. The van der Waals surface area contributed by atoms with E-state index in [0.717, 1.165) is 28.0 Å². The SMILES string of the molecule is COc1cc(C)c(C)cc1S(=O)(=O)N1CCN(c2cnc3ccccc3n2)CC1. The van der Waals surface area contributed by atoms with Gasteiger partial charge in [0.2, 0.25) is 10.0 Å². The first-order valence-electron chi connectivity index (χ1n) is 9.52. The van der Waals surface area contributed by atoms with Gasteiger partial charge in [-0.2, -0.15) is 4.31 Å². The van der Waals surface area contributed by atoms with E-state index in [1.807, 2.05) is 38.1 Å². The van der Waals surface area contributed by atoms with Crippen LogP contribution >= 0.6 is 0 Å². The summed E-state index contributed by atoms with van der Waals surface area (Å²) in [5.41, 5.74) is 3.61. The lowest BCUT2D eigenvalue weighted by molar-refractivity contribution is 0.373. The Bertz CT molecular complexity index is 1160. The van der Waals surface area contributed by atoms with E-state index in [1.54, 1.807) is 18.3 Å². The van der Waals surface area contributed by atoms with Crippen molar-refractivity contribution in [1.82, 2.24) is 14.3 Å². The van der Waals surface area contributed by atoms with Gasteiger partial charge >= 0.3 is 0 Å². The highest BCUT2D eigenvalue weighted by molar-refractivity contribution is 7.89. The molecule has 152 valence electrons. The third-order valence-electron chi connectivity index (χ3n) is 5.40. The zero-order chi connectivity index (χ0) is 20.6. The molecule has 0 amide bonds. The van der Waals surface area contributed by atoms with Crippen molar-refractivity contribution in [2.75, 3.05) is 38.2 Å². The van der Waals surface area contributed by atoms with Crippen molar-refractivity contribution in [3.8, 4) is 5.75 Å². The first kappa shape index (κ1) is 19.6. The van der Waals surface area contributed by atoms with Crippen LogP contribution in [0.1, 0.15) is 11.1 Å². The monoisotopic (exact) mass is 412 g/mol. The highest BCUT2D eigenvalue weighted by Crippen LogP contribution is 2.30. The number of anilines is 1. The third kappa shape index (κ3) is 3.65. The Kier molecular flexibility index (Phi) is 5.14. The van der Waals surface area contributed by atoms with Gasteiger partial charge in [-0.25, -0.2) is 13.4 Å². The predicted octanol–water partition coefficient (Wildman–Crippen LogP) is 2.77. The molecule has 0 aliphatic carbocycles. The fourth-order valence-corrected chi connectivity index (χ4v) is 5.17. The maximum atomic E-state index is 13.2. The number of ether oxygens (including phenoxy) is 1. The van der Waals surface area contributed by atoms with Crippen molar-refractivity contribution in [3.63, 3.8) is 0 Å². The lowest BCUT2D eigenvalue weighted by Crippen LogP contribution is -2.49. The van der Waals surface area contributed by atoms with Gasteiger partial charge in [-0.15, -0.1) is 0 Å². The summed E-state index contributed by atoms with van der Waals surface area (Å²) in [6.07, 6.45) is 1.75. The van der Waals surface area contributed by atoms with E-state index in [2.05, 4.69) is 14.9 Å². The van der Waals surface area contributed by atoms with E-state index in [4.69, 9.17) is 4.74 Å². The first-order chi connectivity index (χ1) is 13.9. The van der Waals surface area contributed by atoms with Gasteiger partial charge in [0.1, 0.15) is 16.5 Å². The molecular formula is C21H24N4O3S. The second-order valence-corrected chi connectivity index (χ2v) is 9.10. The Balaban J connectivity index is 1.55. The smallest absolute Gasteiger partial charge is 0.246 e. The van der Waals surface area contributed by atoms with Crippen molar-refractivity contribution < 1.29 is 13.2 Å². The average Bonchev–Trinajstić information content (AvgIpc) is 2.75. The summed E-state index contributed by atoms with van der Waals surface area (Å²) in [6, 6.07) is 11.2. The maximum absolute atomic E-state index is 13.2. The quantitative estimate of drug-likeness (QED) is 0.656. The molecule has 1 aliphatic rings. The van der Waals surface area contributed by atoms with Crippen molar-refractivity contribution in [1.29, 1.82) is 0 Å². The zero-order valence-electron chi connectivity index (χ0n) is 16.8. The molecule has 1 fully saturated rings. The number of hydrogen-bond donors (Lipinski definition) is 0. The minimum Gasteiger partial charge on any atom is -0.495 e. The molecule has 0 N–H and O–H groups in total. The van der Waals surface area contributed by atoms with Crippen LogP contribution in [0.2, 0.25) is 0 Å². The number of methoxy groups -OCH3 is 1. The highest BCUT2D eigenvalue weighted by Gasteiger charge is 2.31. The van der Waals surface area contributed by atoms with Crippen LogP contribution in [0.3, 0.4) is 0 Å². The third-order valence-corrected chi connectivity index (χ3v) is 7.32. The Morgan fingerprint density at radius 2 is 1.62 bits per heavy atom. The Labute approximate surface area is 171 Å². The summed E-state index contributed by atoms with van der Waals surface area (Å²) in [4.78, 5) is 11.4. The summed E-state index contributed by atoms with van der Waals surface area (Å²) in [7, 11) is -2.14. The second kappa shape index (κ2) is 7.61. The Morgan fingerprint density at radius 3 is 2.31 bits per heavy atom. The lowest BCUT2D eigenvalue weighted by Gasteiger charge is -2.34. The number of aryl methyl sites for hydroxylation is 2. The molecule has 0 unspecified atom stereocenters. The van der Waals surface area contributed by atoms with E-state index in [9.17, 15) is 8.42 Å². The minimum absolute atomic E-state index is 0.224. The summed E-state index contributed by atoms with van der Waals surface area (Å²) in [5, 5.41) is 0. The molecule has 4 rings (SSSR count). The van der Waals surface area contributed by atoms with Crippen molar-refractivity contribution in [2.24, 2.45) is 0 Å². The number of fused-ring (bicyclic) bond motifs is 1. The number of rotatable bonds is 4. The van der Waals surface area contributed by atoms with Gasteiger partial charge < -0.3 is 9.64 Å². The molecule has 0 atom stereocenters. The summed E-state index contributed by atoms with van der Waals surface area (Å²) >= 11 is 0. The van der Waals surface area contributed by atoms with Crippen LogP contribution in [0.15, 0.2) is 47.5 Å². The molecule has 2 heterocycles. The molecule has 1 saturated heterocycles. The number of hydrogen-bond acceptors (Lipinski definition) is 6. The number of nitrogens with zero attached hydrogens (tertiary/aromatic N) is 4. The van der Waals surface area contributed by atoms with Crippen molar-refractivity contribution in [2.45, 2.75) is 18.7 Å². The Hall–Kier alpha value is -2.71. The van der Waals surface area contributed by atoms with Gasteiger partial charge in [0, 0.05) is 26.2 Å². The normalized spacial score (nSPS) is 15.6. The average molecular weight is 413 g/mol. The molecule has 29 heavy (non-hydrogen) atoms. The van der Waals surface area contributed by atoms with E-state index < -0.39 is 10.0 Å². The molecule has 8 heteroatoms. The predicted molar refractivity (Wildman–Crippen MR) is 113 cm³/mol.